The average molecular weight is 269 g/mol. The first-order valence-corrected chi connectivity index (χ1v) is 6.09. The Morgan fingerprint density at radius 2 is 2.00 bits per heavy atom. The molecule has 0 fully saturated rings. The molecule has 106 valence electrons. The summed E-state index contributed by atoms with van der Waals surface area (Å²) in [7, 11) is 3.85. The number of likely N-dealkylation sites (N-methyl/N-ethyl adjacent to an activating group) is 1. The van der Waals surface area contributed by atoms with Crippen LogP contribution in [0.1, 0.15) is 34.4 Å². The normalized spacial score (nSPS) is 10.7. The van der Waals surface area contributed by atoms with E-state index in [2.05, 4.69) is 9.68 Å². The summed E-state index contributed by atoms with van der Waals surface area (Å²) in [5.41, 5.74) is 0.0320. The molecule has 1 aromatic heterocycles. The summed E-state index contributed by atoms with van der Waals surface area (Å²) in [5, 5.41) is 12.2. The Morgan fingerprint density at radius 3 is 2.47 bits per heavy atom. The van der Waals surface area contributed by atoms with Gasteiger partial charge in [-0.1, -0.05) is 12.1 Å². The molecule has 0 aromatic carbocycles. The lowest BCUT2D eigenvalue weighted by Crippen LogP contribution is -2.37. The molecule has 0 saturated heterocycles. The number of aromatic nitrogens is 1. The molecule has 0 radical (unpaired) electrons. The minimum absolute atomic E-state index is 0.0320. The van der Waals surface area contributed by atoms with Gasteiger partial charge >= 0.3 is 5.97 Å². The zero-order valence-corrected chi connectivity index (χ0v) is 11.4. The maximum Gasteiger partial charge on any atom is 0.374 e. The Hall–Kier alpha value is -1.89. The second-order valence-corrected chi connectivity index (χ2v) is 4.48. The van der Waals surface area contributed by atoms with E-state index in [1.54, 1.807) is 4.90 Å². The van der Waals surface area contributed by atoms with Crippen molar-refractivity contribution in [2.75, 3.05) is 33.7 Å². The third-order valence-corrected chi connectivity index (χ3v) is 2.54. The molecule has 7 heteroatoms. The van der Waals surface area contributed by atoms with E-state index in [9.17, 15) is 9.59 Å². The van der Waals surface area contributed by atoms with E-state index in [1.807, 2.05) is 25.9 Å². The lowest BCUT2D eigenvalue weighted by molar-refractivity contribution is 0.0648. The van der Waals surface area contributed by atoms with Crippen LogP contribution in [0.4, 0.5) is 0 Å². The summed E-state index contributed by atoms with van der Waals surface area (Å²) in [6, 6.07) is 1.16. The molecule has 0 aliphatic rings. The maximum atomic E-state index is 12.2. The minimum Gasteiger partial charge on any atom is -0.475 e. The first-order chi connectivity index (χ1) is 8.95. The van der Waals surface area contributed by atoms with Gasteiger partial charge in [-0.15, -0.1) is 0 Å². The van der Waals surface area contributed by atoms with E-state index in [4.69, 9.17) is 5.11 Å². The summed E-state index contributed by atoms with van der Waals surface area (Å²) < 4.78 is 4.59. The molecule has 7 nitrogen and oxygen atoms in total. The Morgan fingerprint density at radius 1 is 1.32 bits per heavy atom. The molecular weight excluding hydrogens is 250 g/mol. The number of nitrogens with zero attached hydrogens (tertiary/aromatic N) is 3. The molecule has 1 N–H and O–H groups in total. The standard InChI is InChI=1S/C12H19N3O4/c1-4-5-15(7-6-14(2)3)11(16)9-8-10(12(17)18)19-13-9/h8H,4-7H2,1-3H3,(H,17,18). The van der Waals surface area contributed by atoms with E-state index >= 15 is 0 Å². The van der Waals surface area contributed by atoms with Crippen molar-refractivity contribution in [2.45, 2.75) is 13.3 Å². The van der Waals surface area contributed by atoms with Crippen molar-refractivity contribution in [3.63, 3.8) is 0 Å². The number of carbonyl (C=O) groups excluding carboxylic acids is 1. The maximum absolute atomic E-state index is 12.2. The number of hydrogen-bond acceptors (Lipinski definition) is 5. The fraction of sp³-hybridized carbons (Fsp3) is 0.583. The van der Waals surface area contributed by atoms with Crippen molar-refractivity contribution in [1.82, 2.24) is 15.0 Å². The molecule has 19 heavy (non-hydrogen) atoms. The van der Waals surface area contributed by atoms with Crippen LogP contribution in [-0.2, 0) is 0 Å². The highest BCUT2D eigenvalue weighted by Gasteiger charge is 2.21. The zero-order chi connectivity index (χ0) is 14.4. The molecule has 0 atom stereocenters. The van der Waals surface area contributed by atoms with Gasteiger partial charge < -0.3 is 19.4 Å². The Bertz CT molecular complexity index is 442. The van der Waals surface area contributed by atoms with Crippen LogP contribution in [0.15, 0.2) is 10.6 Å². The van der Waals surface area contributed by atoms with Gasteiger partial charge in [0.1, 0.15) is 0 Å². The van der Waals surface area contributed by atoms with Gasteiger partial charge in [-0.3, -0.25) is 4.79 Å². The predicted molar refractivity (Wildman–Crippen MR) is 68.2 cm³/mol. The van der Waals surface area contributed by atoms with Crippen LogP contribution < -0.4 is 0 Å². The lowest BCUT2D eigenvalue weighted by atomic mass is 10.3. The third kappa shape index (κ3) is 4.36. The second-order valence-electron chi connectivity index (χ2n) is 4.48. The number of aromatic carboxylic acids is 1. The second kappa shape index (κ2) is 6.89. The first-order valence-electron chi connectivity index (χ1n) is 6.09. The molecule has 1 heterocycles. The average Bonchev–Trinajstić information content (AvgIpc) is 2.83. The monoisotopic (exact) mass is 269 g/mol. The Kier molecular flexibility index (Phi) is 5.50. The molecule has 1 rings (SSSR count). The molecule has 0 aliphatic heterocycles. The van der Waals surface area contributed by atoms with Gasteiger partial charge in [-0.25, -0.2) is 4.79 Å². The molecule has 0 aliphatic carbocycles. The number of carboxylic acids is 1. The Labute approximate surface area is 111 Å². The zero-order valence-electron chi connectivity index (χ0n) is 11.4. The van der Waals surface area contributed by atoms with E-state index in [1.165, 1.54) is 0 Å². The molecule has 0 bridgehead atoms. The molecule has 0 spiro atoms. The predicted octanol–water partition coefficient (Wildman–Crippen LogP) is 0.787. The molecule has 0 unspecified atom stereocenters. The van der Waals surface area contributed by atoms with E-state index in [0.29, 0.717) is 13.1 Å². The molecule has 1 amide bonds. The number of hydrogen-bond donors (Lipinski definition) is 1. The fourth-order valence-corrected chi connectivity index (χ4v) is 1.54. The topological polar surface area (TPSA) is 86.9 Å². The van der Waals surface area contributed by atoms with Gasteiger partial charge in [0.05, 0.1) is 0 Å². The highest BCUT2D eigenvalue weighted by atomic mass is 16.5. The van der Waals surface area contributed by atoms with Crippen LogP contribution in [0.5, 0.6) is 0 Å². The van der Waals surface area contributed by atoms with Crippen LogP contribution in [0.3, 0.4) is 0 Å². The number of carboxylic acid groups (broad SMARTS) is 1. The van der Waals surface area contributed by atoms with Crippen molar-refractivity contribution in [2.24, 2.45) is 0 Å². The molecule has 0 saturated carbocycles. The summed E-state index contributed by atoms with van der Waals surface area (Å²) >= 11 is 0. The highest BCUT2D eigenvalue weighted by molar-refractivity contribution is 5.94. The quantitative estimate of drug-likeness (QED) is 0.787. The number of carbonyl (C=O) groups is 2. The van der Waals surface area contributed by atoms with Crippen LogP contribution in [-0.4, -0.2) is 65.7 Å². The van der Waals surface area contributed by atoms with Crippen LogP contribution in [0.25, 0.3) is 0 Å². The van der Waals surface area contributed by atoms with E-state index in [0.717, 1.165) is 19.0 Å². The smallest absolute Gasteiger partial charge is 0.374 e. The number of rotatable bonds is 7. The highest BCUT2D eigenvalue weighted by Crippen LogP contribution is 2.08. The number of amides is 1. The van der Waals surface area contributed by atoms with E-state index in [-0.39, 0.29) is 17.4 Å². The SMILES string of the molecule is CCCN(CCN(C)C)C(=O)c1cc(C(=O)O)on1. The van der Waals surface area contributed by atoms with Gasteiger partial charge in [0.15, 0.2) is 5.69 Å². The van der Waals surface area contributed by atoms with E-state index < -0.39 is 5.97 Å². The summed E-state index contributed by atoms with van der Waals surface area (Å²) in [6.45, 7) is 3.87. The van der Waals surface area contributed by atoms with Gasteiger partial charge in [0, 0.05) is 25.7 Å². The lowest BCUT2D eigenvalue weighted by Gasteiger charge is -2.22. The third-order valence-electron chi connectivity index (χ3n) is 2.54. The van der Waals surface area contributed by atoms with Crippen molar-refractivity contribution in [1.29, 1.82) is 0 Å². The molecule has 1 aromatic rings. The van der Waals surface area contributed by atoms with Gasteiger partial charge in [-0.05, 0) is 20.5 Å². The van der Waals surface area contributed by atoms with Crippen molar-refractivity contribution < 1.29 is 19.2 Å². The minimum atomic E-state index is -1.23. The summed E-state index contributed by atoms with van der Waals surface area (Å²) in [4.78, 5) is 26.5. The Balaban J connectivity index is 2.76. The van der Waals surface area contributed by atoms with Gasteiger partial charge in [0.2, 0.25) is 5.76 Å². The van der Waals surface area contributed by atoms with Crippen LogP contribution in [0, 0.1) is 0 Å². The summed E-state index contributed by atoms with van der Waals surface area (Å²) in [6.07, 6.45) is 0.822. The molecular formula is C12H19N3O4. The summed E-state index contributed by atoms with van der Waals surface area (Å²) in [5.74, 6) is -1.87. The van der Waals surface area contributed by atoms with Crippen molar-refractivity contribution in [3.8, 4) is 0 Å². The largest absolute Gasteiger partial charge is 0.475 e. The van der Waals surface area contributed by atoms with Crippen molar-refractivity contribution >= 4 is 11.9 Å². The first kappa shape index (κ1) is 15.2. The van der Waals surface area contributed by atoms with Crippen LogP contribution in [0.2, 0.25) is 0 Å². The van der Waals surface area contributed by atoms with Gasteiger partial charge in [0.25, 0.3) is 5.91 Å². The van der Waals surface area contributed by atoms with Crippen molar-refractivity contribution in [3.05, 3.63) is 17.5 Å². The van der Waals surface area contributed by atoms with Crippen LogP contribution >= 0.6 is 0 Å². The van der Waals surface area contributed by atoms with Gasteiger partial charge in [-0.2, -0.15) is 0 Å². The fourth-order valence-electron chi connectivity index (χ4n) is 1.54.